The van der Waals surface area contributed by atoms with Crippen LogP contribution in [0.15, 0.2) is 18.2 Å². The largest absolute Gasteiger partial charge is 0.389 e. The SMILES string of the molecule is C[C@@H](O)c1ccc(N2CCN(C)C(=O)C2)c([N+](=O)[O-])c1. The second-order valence-electron chi connectivity index (χ2n) is 4.92. The molecule has 1 saturated heterocycles. The number of aliphatic hydroxyl groups excluding tert-OH is 1. The standard InChI is InChI=1S/C13H17N3O4/c1-9(17)10-3-4-11(12(7-10)16(19)20)15-6-5-14(2)13(18)8-15/h3-4,7,9,17H,5-6,8H2,1-2H3/t9-/m1/s1. The van der Waals surface area contributed by atoms with E-state index in [1.165, 1.54) is 6.07 Å². The summed E-state index contributed by atoms with van der Waals surface area (Å²) in [4.78, 5) is 25.7. The molecule has 7 nitrogen and oxygen atoms in total. The minimum Gasteiger partial charge on any atom is -0.389 e. The van der Waals surface area contributed by atoms with E-state index in [0.29, 0.717) is 24.3 Å². The maximum Gasteiger partial charge on any atom is 0.292 e. The van der Waals surface area contributed by atoms with E-state index in [4.69, 9.17) is 0 Å². The number of aliphatic hydroxyl groups is 1. The Morgan fingerprint density at radius 1 is 1.40 bits per heavy atom. The molecule has 1 atom stereocenters. The highest BCUT2D eigenvalue weighted by atomic mass is 16.6. The molecule has 7 heteroatoms. The first-order valence-electron chi connectivity index (χ1n) is 6.35. The van der Waals surface area contributed by atoms with Gasteiger partial charge in [0.15, 0.2) is 0 Å². The number of rotatable bonds is 3. The van der Waals surface area contributed by atoms with Crippen molar-refractivity contribution >= 4 is 17.3 Å². The van der Waals surface area contributed by atoms with Gasteiger partial charge in [0, 0.05) is 26.2 Å². The van der Waals surface area contributed by atoms with Crippen LogP contribution in [0.25, 0.3) is 0 Å². The number of hydrogen-bond donors (Lipinski definition) is 1. The Labute approximate surface area is 116 Å². The molecule has 1 N–H and O–H groups in total. The maximum atomic E-state index is 11.7. The summed E-state index contributed by atoms with van der Waals surface area (Å²) in [5, 5.41) is 20.7. The number of carbonyl (C=O) groups excluding carboxylic acids is 1. The second-order valence-corrected chi connectivity index (χ2v) is 4.92. The van der Waals surface area contributed by atoms with Crippen LogP contribution in [0.2, 0.25) is 0 Å². The number of anilines is 1. The van der Waals surface area contributed by atoms with Crippen LogP contribution in [0.5, 0.6) is 0 Å². The summed E-state index contributed by atoms with van der Waals surface area (Å²) in [7, 11) is 1.71. The van der Waals surface area contributed by atoms with Gasteiger partial charge in [-0.15, -0.1) is 0 Å². The van der Waals surface area contributed by atoms with Crippen LogP contribution >= 0.6 is 0 Å². The molecule has 0 saturated carbocycles. The molecular formula is C13H17N3O4. The molecule has 0 bridgehead atoms. The Hall–Kier alpha value is -2.15. The zero-order valence-corrected chi connectivity index (χ0v) is 11.4. The fraction of sp³-hybridized carbons (Fsp3) is 0.462. The minimum atomic E-state index is -0.767. The van der Waals surface area contributed by atoms with Crippen LogP contribution in [0.3, 0.4) is 0 Å². The first-order chi connectivity index (χ1) is 9.40. The van der Waals surface area contributed by atoms with Gasteiger partial charge in [0.05, 0.1) is 17.6 Å². The molecule has 1 aromatic carbocycles. The number of nitro benzene ring substituents is 1. The molecule has 1 aliphatic rings. The minimum absolute atomic E-state index is 0.0647. The molecule has 1 heterocycles. The number of nitro groups is 1. The molecule has 1 amide bonds. The molecule has 2 rings (SSSR count). The van der Waals surface area contributed by atoms with Gasteiger partial charge in [-0.25, -0.2) is 0 Å². The van der Waals surface area contributed by atoms with E-state index < -0.39 is 11.0 Å². The first-order valence-corrected chi connectivity index (χ1v) is 6.35. The third kappa shape index (κ3) is 2.72. The van der Waals surface area contributed by atoms with Gasteiger partial charge in [0.2, 0.25) is 5.91 Å². The van der Waals surface area contributed by atoms with Crippen molar-refractivity contribution in [1.29, 1.82) is 0 Å². The summed E-state index contributed by atoms with van der Waals surface area (Å²) in [5.41, 5.74) is 0.822. The molecule has 20 heavy (non-hydrogen) atoms. The van der Waals surface area contributed by atoms with E-state index >= 15 is 0 Å². The molecule has 108 valence electrons. The normalized spacial score (nSPS) is 17.2. The van der Waals surface area contributed by atoms with Crippen LogP contribution in [0.1, 0.15) is 18.6 Å². The molecule has 0 radical (unpaired) electrons. The quantitative estimate of drug-likeness (QED) is 0.657. The van der Waals surface area contributed by atoms with Crippen LogP contribution in [-0.2, 0) is 4.79 Å². The lowest BCUT2D eigenvalue weighted by molar-refractivity contribution is -0.384. The Balaban J connectivity index is 2.36. The van der Waals surface area contributed by atoms with E-state index in [2.05, 4.69) is 0 Å². The van der Waals surface area contributed by atoms with Crippen molar-refractivity contribution in [3.05, 3.63) is 33.9 Å². The third-order valence-corrected chi connectivity index (χ3v) is 3.48. The zero-order valence-electron chi connectivity index (χ0n) is 11.4. The van der Waals surface area contributed by atoms with Gasteiger partial charge in [-0.1, -0.05) is 6.07 Å². The van der Waals surface area contributed by atoms with E-state index in [0.717, 1.165) is 0 Å². The average molecular weight is 279 g/mol. The van der Waals surface area contributed by atoms with E-state index in [1.807, 2.05) is 0 Å². The van der Waals surface area contributed by atoms with Crippen LogP contribution < -0.4 is 4.90 Å². The molecule has 1 fully saturated rings. The van der Waals surface area contributed by atoms with Crippen molar-refractivity contribution in [2.24, 2.45) is 0 Å². The number of benzene rings is 1. The molecular weight excluding hydrogens is 262 g/mol. The number of amides is 1. The van der Waals surface area contributed by atoms with Gasteiger partial charge < -0.3 is 14.9 Å². The number of piperazine rings is 1. The smallest absolute Gasteiger partial charge is 0.292 e. The fourth-order valence-electron chi connectivity index (χ4n) is 2.18. The Morgan fingerprint density at radius 2 is 2.10 bits per heavy atom. The summed E-state index contributed by atoms with van der Waals surface area (Å²) in [6.07, 6.45) is -0.767. The van der Waals surface area contributed by atoms with E-state index in [9.17, 15) is 20.0 Å². The fourth-order valence-corrected chi connectivity index (χ4v) is 2.18. The highest BCUT2D eigenvalue weighted by Gasteiger charge is 2.27. The van der Waals surface area contributed by atoms with Crippen molar-refractivity contribution < 1.29 is 14.8 Å². The predicted octanol–water partition coefficient (Wildman–Crippen LogP) is 0.926. The summed E-state index contributed by atoms with van der Waals surface area (Å²) < 4.78 is 0. The van der Waals surface area contributed by atoms with Crippen molar-refractivity contribution in [3.8, 4) is 0 Å². The molecule has 0 aliphatic carbocycles. The van der Waals surface area contributed by atoms with Crippen LogP contribution in [-0.4, -0.2) is 47.5 Å². The van der Waals surface area contributed by atoms with Crippen molar-refractivity contribution in [1.82, 2.24) is 4.90 Å². The average Bonchev–Trinajstić information content (AvgIpc) is 2.41. The molecule has 0 aromatic heterocycles. The number of carbonyl (C=O) groups is 1. The summed E-state index contributed by atoms with van der Waals surface area (Å²) in [6.45, 7) is 2.77. The Morgan fingerprint density at radius 3 is 2.65 bits per heavy atom. The van der Waals surface area contributed by atoms with Crippen LogP contribution in [0.4, 0.5) is 11.4 Å². The highest BCUT2D eigenvalue weighted by molar-refractivity contribution is 5.83. The first kappa shape index (κ1) is 14.3. The topological polar surface area (TPSA) is 86.9 Å². The van der Waals surface area contributed by atoms with Gasteiger partial charge in [-0.3, -0.25) is 14.9 Å². The predicted molar refractivity (Wildman–Crippen MR) is 73.6 cm³/mol. The lowest BCUT2D eigenvalue weighted by Crippen LogP contribution is -2.48. The third-order valence-electron chi connectivity index (χ3n) is 3.48. The van der Waals surface area contributed by atoms with E-state index in [-0.39, 0.29) is 18.1 Å². The summed E-state index contributed by atoms with van der Waals surface area (Å²) in [5.74, 6) is -0.0647. The van der Waals surface area contributed by atoms with Gasteiger partial charge in [-0.05, 0) is 18.6 Å². The Kier molecular flexibility index (Phi) is 3.89. The maximum absolute atomic E-state index is 11.7. The lowest BCUT2D eigenvalue weighted by atomic mass is 10.1. The number of nitrogens with zero attached hydrogens (tertiary/aromatic N) is 3. The highest BCUT2D eigenvalue weighted by Crippen LogP contribution is 2.31. The van der Waals surface area contributed by atoms with Gasteiger partial charge >= 0.3 is 0 Å². The Bertz CT molecular complexity index is 544. The molecule has 0 unspecified atom stereocenters. The number of hydrogen-bond acceptors (Lipinski definition) is 5. The monoisotopic (exact) mass is 279 g/mol. The molecule has 1 aliphatic heterocycles. The zero-order chi connectivity index (χ0) is 14.9. The number of likely N-dealkylation sites (N-methyl/N-ethyl adjacent to an activating group) is 1. The lowest BCUT2D eigenvalue weighted by Gasteiger charge is -2.33. The van der Waals surface area contributed by atoms with Crippen molar-refractivity contribution in [2.75, 3.05) is 31.6 Å². The van der Waals surface area contributed by atoms with Gasteiger partial charge in [0.25, 0.3) is 5.69 Å². The summed E-state index contributed by atoms with van der Waals surface area (Å²) >= 11 is 0. The van der Waals surface area contributed by atoms with Crippen molar-refractivity contribution in [2.45, 2.75) is 13.0 Å². The van der Waals surface area contributed by atoms with Gasteiger partial charge in [-0.2, -0.15) is 0 Å². The molecule has 0 spiro atoms. The van der Waals surface area contributed by atoms with Crippen LogP contribution in [0, 0.1) is 10.1 Å². The second kappa shape index (κ2) is 5.46. The van der Waals surface area contributed by atoms with E-state index in [1.54, 1.807) is 35.9 Å². The van der Waals surface area contributed by atoms with Gasteiger partial charge in [0.1, 0.15) is 5.69 Å². The van der Waals surface area contributed by atoms with Crippen molar-refractivity contribution in [3.63, 3.8) is 0 Å². The summed E-state index contributed by atoms with van der Waals surface area (Å²) in [6, 6.07) is 4.61. The molecule has 1 aromatic rings.